The third-order valence-corrected chi connectivity index (χ3v) is 6.77. The van der Waals surface area contributed by atoms with Gasteiger partial charge in [-0.25, -0.2) is 0 Å². The van der Waals surface area contributed by atoms with Crippen LogP contribution in [0.25, 0.3) is 22.0 Å². The van der Waals surface area contributed by atoms with Gasteiger partial charge in [-0.2, -0.15) is 0 Å². The fourth-order valence-electron chi connectivity index (χ4n) is 4.89. The van der Waals surface area contributed by atoms with Crippen LogP contribution in [0, 0.1) is 5.92 Å². The minimum atomic E-state index is -0.304. The zero-order valence-electron chi connectivity index (χ0n) is 20.3. The maximum atomic E-state index is 14.2. The number of ether oxygens (including phenoxy) is 1. The number of nitrogens with zero attached hydrogens (tertiary/aromatic N) is 3. The van der Waals surface area contributed by atoms with Gasteiger partial charge in [-0.05, 0) is 38.2 Å². The van der Waals surface area contributed by atoms with Crippen LogP contribution in [0.15, 0.2) is 48.5 Å². The number of para-hydroxylation sites is 1. The largest absolute Gasteiger partial charge is 0.394 e. The molecule has 2 heterocycles. The first-order valence-electron chi connectivity index (χ1n) is 11.7. The zero-order valence-corrected chi connectivity index (χ0v) is 20.3. The highest BCUT2D eigenvalue weighted by atomic mass is 16.5. The molecule has 0 spiro atoms. The van der Waals surface area contributed by atoms with Crippen molar-refractivity contribution in [1.29, 1.82) is 0 Å². The van der Waals surface area contributed by atoms with Gasteiger partial charge in [-0.1, -0.05) is 49.4 Å². The van der Waals surface area contributed by atoms with Crippen LogP contribution in [0.3, 0.4) is 0 Å². The van der Waals surface area contributed by atoms with E-state index in [0.29, 0.717) is 18.8 Å². The summed E-state index contributed by atoms with van der Waals surface area (Å²) in [6.45, 7) is 5.69. The van der Waals surface area contributed by atoms with E-state index in [9.17, 15) is 9.90 Å². The smallest absolute Gasteiger partial charge is 0.271 e. The number of aromatic nitrogens is 1. The first-order valence-corrected chi connectivity index (χ1v) is 11.7. The molecule has 2 aromatic carbocycles. The molecule has 0 radical (unpaired) electrons. The highest BCUT2D eigenvalue weighted by Crippen LogP contribution is 2.38. The first kappa shape index (κ1) is 23.5. The van der Waals surface area contributed by atoms with E-state index in [2.05, 4.69) is 36.1 Å². The number of rotatable bonds is 4. The minimum Gasteiger partial charge on any atom is -0.394 e. The number of carbonyl (C=O) groups excluding carboxylic acids is 1. The van der Waals surface area contributed by atoms with Gasteiger partial charge in [0.15, 0.2) is 0 Å². The standard InChI is InChI=1S/C27H35N3O3/c1-18-14-30(19(2)16-31)27(32)26-25(22-12-8-9-13-23(22)29(26)5)21-11-7-6-10-20(21)17-33-24(18)15-28(3)4/h6-13,18-19,24,31H,14-17H2,1-5H3/t18-,19+,24+/m1/s1. The van der Waals surface area contributed by atoms with E-state index in [-0.39, 0.29) is 30.6 Å². The van der Waals surface area contributed by atoms with Gasteiger partial charge in [0.1, 0.15) is 5.69 Å². The molecular formula is C27H35N3O3. The van der Waals surface area contributed by atoms with Crippen molar-refractivity contribution in [2.24, 2.45) is 13.0 Å². The molecule has 0 fully saturated rings. The van der Waals surface area contributed by atoms with Crippen molar-refractivity contribution >= 4 is 16.8 Å². The molecule has 1 aromatic heterocycles. The maximum absolute atomic E-state index is 14.2. The van der Waals surface area contributed by atoms with Crippen LogP contribution in [0.1, 0.15) is 29.9 Å². The van der Waals surface area contributed by atoms with E-state index in [1.807, 2.05) is 61.8 Å². The van der Waals surface area contributed by atoms with E-state index in [1.54, 1.807) is 0 Å². The lowest BCUT2D eigenvalue weighted by Crippen LogP contribution is -2.47. The molecule has 1 amide bonds. The third kappa shape index (κ3) is 4.43. The number of likely N-dealkylation sites (N-methyl/N-ethyl adjacent to an activating group) is 1. The Labute approximate surface area is 196 Å². The van der Waals surface area contributed by atoms with Crippen molar-refractivity contribution in [3.05, 3.63) is 59.8 Å². The van der Waals surface area contributed by atoms with Gasteiger partial charge in [0, 0.05) is 42.5 Å². The Morgan fingerprint density at radius 2 is 1.85 bits per heavy atom. The third-order valence-electron chi connectivity index (χ3n) is 6.77. The van der Waals surface area contributed by atoms with Gasteiger partial charge in [0.2, 0.25) is 0 Å². The molecule has 4 rings (SSSR count). The van der Waals surface area contributed by atoms with Gasteiger partial charge in [-0.15, -0.1) is 0 Å². The summed E-state index contributed by atoms with van der Waals surface area (Å²) < 4.78 is 8.51. The number of aliphatic hydroxyl groups is 1. The summed E-state index contributed by atoms with van der Waals surface area (Å²) in [5.41, 5.74) is 4.70. The fraction of sp³-hybridized carbons (Fsp3) is 0.444. The Bertz CT molecular complexity index is 1140. The Hall–Kier alpha value is -2.67. The van der Waals surface area contributed by atoms with E-state index in [4.69, 9.17) is 4.74 Å². The lowest BCUT2D eigenvalue weighted by atomic mass is 9.96. The van der Waals surface area contributed by atoms with E-state index < -0.39 is 0 Å². The van der Waals surface area contributed by atoms with Crippen LogP contribution >= 0.6 is 0 Å². The van der Waals surface area contributed by atoms with Gasteiger partial charge < -0.3 is 24.2 Å². The summed E-state index contributed by atoms with van der Waals surface area (Å²) in [4.78, 5) is 18.1. The molecule has 176 valence electrons. The maximum Gasteiger partial charge on any atom is 0.271 e. The highest BCUT2D eigenvalue weighted by molar-refractivity contribution is 6.10. The lowest BCUT2D eigenvalue weighted by Gasteiger charge is -2.34. The molecule has 0 unspecified atom stereocenters. The molecular weight excluding hydrogens is 414 g/mol. The van der Waals surface area contributed by atoms with Crippen LogP contribution in [-0.2, 0) is 18.4 Å². The number of aryl methyl sites for hydroxylation is 1. The molecule has 33 heavy (non-hydrogen) atoms. The number of benzene rings is 2. The number of hydrogen-bond donors (Lipinski definition) is 1. The number of hydrogen-bond acceptors (Lipinski definition) is 4. The molecule has 0 bridgehead atoms. The van der Waals surface area contributed by atoms with Gasteiger partial charge >= 0.3 is 0 Å². The molecule has 6 heteroatoms. The predicted molar refractivity (Wildman–Crippen MR) is 132 cm³/mol. The molecule has 0 aliphatic carbocycles. The number of carbonyl (C=O) groups is 1. The lowest BCUT2D eigenvalue weighted by molar-refractivity contribution is -0.0201. The van der Waals surface area contributed by atoms with Crippen LogP contribution < -0.4 is 0 Å². The Balaban J connectivity index is 1.97. The number of aliphatic hydroxyl groups excluding tert-OH is 1. The van der Waals surface area contributed by atoms with Crippen LogP contribution in [0.2, 0.25) is 0 Å². The van der Waals surface area contributed by atoms with Gasteiger partial charge in [0.05, 0.1) is 25.4 Å². The quantitative estimate of drug-likeness (QED) is 0.659. The molecule has 0 saturated heterocycles. The zero-order chi connectivity index (χ0) is 23.7. The second kappa shape index (κ2) is 9.67. The topological polar surface area (TPSA) is 57.9 Å². The summed E-state index contributed by atoms with van der Waals surface area (Å²) >= 11 is 0. The van der Waals surface area contributed by atoms with Gasteiger partial charge in [0.25, 0.3) is 5.91 Å². The van der Waals surface area contributed by atoms with Crippen LogP contribution in [0.4, 0.5) is 0 Å². The second-order valence-electron chi connectivity index (χ2n) is 9.54. The average Bonchev–Trinajstić information content (AvgIpc) is 3.10. The van der Waals surface area contributed by atoms with Crippen molar-refractivity contribution in [3.8, 4) is 11.1 Å². The number of amides is 1. The SMILES string of the molecule is C[C@@H]1CN([C@@H](C)CO)C(=O)c2c(c3ccccc3n2C)-c2ccccc2CO[C@H]1CN(C)C. The van der Waals surface area contributed by atoms with Crippen molar-refractivity contribution in [2.75, 3.05) is 33.8 Å². The van der Waals surface area contributed by atoms with Crippen molar-refractivity contribution in [2.45, 2.75) is 32.6 Å². The Morgan fingerprint density at radius 3 is 2.58 bits per heavy atom. The van der Waals surface area contributed by atoms with E-state index >= 15 is 0 Å². The fourth-order valence-corrected chi connectivity index (χ4v) is 4.89. The molecule has 3 aromatic rings. The monoisotopic (exact) mass is 449 g/mol. The normalized spacial score (nSPS) is 20.5. The van der Waals surface area contributed by atoms with Gasteiger partial charge in [-0.3, -0.25) is 4.79 Å². The van der Waals surface area contributed by atoms with Crippen molar-refractivity contribution in [1.82, 2.24) is 14.4 Å². The summed E-state index contributed by atoms with van der Waals surface area (Å²) in [6.07, 6.45) is -0.0489. The van der Waals surface area contributed by atoms with E-state index in [1.165, 1.54) is 0 Å². The minimum absolute atomic E-state index is 0.0489. The van der Waals surface area contributed by atoms with Crippen LogP contribution in [-0.4, -0.2) is 71.3 Å². The molecule has 1 N–H and O–H groups in total. The predicted octanol–water partition coefficient (Wildman–Crippen LogP) is 3.76. The van der Waals surface area contributed by atoms with E-state index in [0.717, 1.165) is 34.1 Å². The molecule has 1 aliphatic rings. The highest BCUT2D eigenvalue weighted by Gasteiger charge is 2.33. The van der Waals surface area contributed by atoms with Crippen LogP contribution in [0.5, 0.6) is 0 Å². The molecule has 6 nitrogen and oxygen atoms in total. The second-order valence-corrected chi connectivity index (χ2v) is 9.54. The molecule has 0 saturated carbocycles. The van der Waals surface area contributed by atoms with Crippen molar-refractivity contribution in [3.63, 3.8) is 0 Å². The Morgan fingerprint density at radius 1 is 1.15 bits per heavy atom. The average molecular weight is 450 g/mol. The summed E-state index contributed by atoms with van der Waals surface area (Å²) in [6, 6.07) is 16.1. The summed E-state index contributed by atoms with van der Waals surface area (Å²) in [5, 5.41) is 11.1. The molecule has 3 atom stereocenters. The van der Waals surface area contributed by atoms with Crippen molar-refractivity contribution < 1.29 is 14.6 Å². The number of fused-ring (bicyclic) bond motifs is 5. The Kier molecular flexibility index (Phi) is 6.88. The summed E-state index contributed by atoms with van der Waals surface area (Å²) in [7, 11) is 6.03. The molecule has 1 aliphatic heterocycles. The summed E-state index contributed by atoms with van der Waals surface area (Å²) in [5.74, 6) is 0.0335. The first-order chi connectivity index (χ1) is 15.8.